The highest BCUT2D eigenvalue weighted by atomic mass is 16.6. The van der Waals surface area contributed by atoms with Crippen molar-refractivity contribution in [3.63, 3.8) is 0 Å². The van der Waals surface area contributed by atoms with Crippen LogP contribution in [0.1, 0.15) is 78.2 Å². The van der Waals surface area contributed by atoms with Gasteiger partial charge in [0.2, 0.25) is 11.7 Å². The van der Waals surface area contributed by atoms with Crippen LogP contribution < -0.4 is 5.32 Å². The number of hydrogen-bond donors (Lipinski definition) is 1. The van der Waals surface area contributed by atoms with Crippen molar-refractivity contribution in [3.8, 4) is 11.4 Å². The van der Waals surface area contributed by atoms with Crippen LogP contribution in [-0.4, -0.2) is 27.6 Å². The quantitative estimate of drug-likeness (QED) is 0.359. The summed E-state index contributed by atoms with van der Waals surface area (Å²) in [5, 5.41) is 9.25. The molecule has 1 N–H and O–H groups in total. The maximum atomic E-state index is 12.4. The van der Waals surface area contributed by atoms with Crippen LogP contribution in [0.15, 0.2) is 47.0 Å². The lowest BCUT2D eigenvalue weighted by Crippen LogP contribution is -2.35. The van der Waals surface area contributed by atoms with Crippen molar-refractivity contribution in [1.29, 1.82) is 0 Å². The minimum Gasteiger partial charge on any atom is -0.444 e. The van der Waals surface area contributed by atoms with Crippen LogP contribution in [0.25, 0.3) is 22.2 Å². The first-order chi connectivity index (χ1) is 15.7. The van der Waals surface area contributed by atoms with Crippen LogP contribution in [-0.2, 0) is 9.53 Å². The molecule has 0 aliphatic carbocycles. The van der Waals surface area contributed by atoms with Gasteiger partial charge in [-0.05, 0) is 50.5 Å². The van der Waals surface area contributed by atoms with E-state index in [0.29, 0.717) is 31.0 Å². The highest BCUT2D eigenvalue weighted by molar-refractivity contribution is 5.86. The third kappa shape index (κ3) is 7.41. The second-order valence-corrected chi connectivity index (χ2v) is 9.21. The van der Waals surface area contributed by atoms with Crippen molar-refractivity contribution in [2.75, 3.05) is 0 Å². The van der Waals surface area contributed by atoms with Gasteiger partial charge in [-0.3, -0.25) is 4.79 Å². The Morgan fingerprint density at radius 1 is 1.06 bits per heavy atom. The van der Waals surface area contributed by atoms with Gasteiger partial charge >= 0.3 is 6.09 Å². The fourth-order valence-corrected chi connectivity index (χ4v) is 3.55. The fourth-order valence-electron chi connectivity index (χ4n) is 3.55. The Hall–Kier alpha value is -3.22. The molecule has 3 aromatic rings. The van der Waals surface area contributed by atoms with Crippen LogP contribution in [0, 0.1) is 0 Å². The predicted octanol–water partition coefficient (Wildman–Crippen LogP) is 6.39. The summed E-state index contributed by atoms with van der Waals surface area (Å²) in [6.45, 7) is 7.33. The number of hydrogen-bond acceptors (Lipinski definition) is 6. The molecule has 7 heteroatoms. The number of benzene rings is 2. The highest BCUT2D eigenvalue weighted by Crippen LogP contribution is 2.26. The first-order valence-corrected chi connectivity index (χ1v) is 11.6. The third-order valence-corrected chi connectivity index (χ3v) is 5.28. The van der Waals surface area contributed by atoms with Crippen molar-refractivity contribution < 1.29 is 18.8 Å². The zero-order chi connectivity index (χ0) is 23.8. The van der Waals surface area contributed by atoms with E-state index in [9.17, 15) is 9.59 Å². The number of ether oxygens (including phenoxy) is 1. The second-order valence-electron chi connectivity index (χ2n) is 9.21. The maximum Gasteiger partial charge on any atom is 0.408 e. The van der Waals surface area contributed by atoms with E-state index in [0.717, 1.165) is 35.6 Å². The number of aromatic nitrogens is 2. The zero-order valence-corrected chi connectivity index (χ0v) is 19.9. The molecule has 3 rings (SSSR count). The van der Waals surface area contributed by atoms with Crippen LogP contribution in [0.2, 0.25) is 0 Å². The van der Waals surface area contributed by atoms with E-state index < -0.39 is 17.7 Å². The summed E-state index contributed by atoms with van der Waals surface area (Å²) < 4.78 is 11.0. The van der Waals surface area contributed by atoms with E-state index in [1.54, 1.807) is 0 Å². The Bertz CT molecular complexity index is 1080. The molecule has 1 heterocycles. The summed E-state index contributed by atoms with van der Waals surface area (Å²) in [6.07, 6.45) is 3.76. The lowest BCUT2D eigenvalue weighted by molar-refractivity contribution is -0.118. The number of nitrogens with one attached hydrogen (secondary N) is 1. The van der Waals surface area contributed by atoms with Crippen LogP contribution in [0.5, 0.6) is 0 Å². The number of alkyl carbamates (subject to hydrolysis) is 1. The average Bonchev–Trinajstić information content (AvgIpc) is 3.26. The van der Waals surface area contributed by atoms with Crippen molar-refractivity contribution in [2.45, 2.75) is 77.9 Å². The molecule has 0 saturated heterocycles. The number of nitrogens with zero attached hydrogens (tertiary/aromatic N) is 2. The molecule has 0 aliphatic heterocycles. The first-order valence-electron chi connectivity index (χ1n) is 11.6. The number of fused-ring (bicyclic) bond motifs is 1. The normalized spacial score (nSPS) is 12.5. The van der Waals surface area contributed by atoms with Crippen LogP contribution in [0.3, 0.4) is 0 Å². The van der Waals surface area contributed by atoms with E-state index in [2.05, 4.69) is 21.5 Å². The number of carbonyl (C=O) groups is 2. The molecule has 1 atom stereocenters. The molecule has 1 amide bonds. The van der Waals surface area contributed by atoms with E-state index in [1.165, 1.54) is 0 Å². The molecule has 33 heavy (non-hydrogen) atoms. The molecule has 0 spiro atoms. The molecule has 0 saturated carbocycles. The Balaban J connectivity index is 1.72. The van der Waals surface area contributed by atoms with Crippen molar-refractivity contribution in [1.82, 2.24) is 15.5 Å². The van der Waals surface area contributed by atoms with Crippen molar-refractivity contribution >= 4 is 22.6 Å². The van der Waals surface area contributed by atoms with Gasteiger partial charge in [0.25, 0.3) is 0 Å². The molecular formula is C26H33N3O4. The maximum absolute atomic E-state index is 12.4. The number of amides is 1. The SMILES string of the molecule is CCC(=O)CCCCC[C@H](NC(=O)OC(C)(C)C)c1nc(-c2ccc3ccccc3c2)no1. The Kier molecular flexibility index (Phi) is 8.20. The fraction of sp³-hybridized carbons (Fsp3) is 0.462. The van der Waals surface area contributed by atoms with E-state index in [4.69, 9.17) is 9.26 Å². The van der Waals surface area contributed by atoms with Gasteiger partial charge in [-0.1, -0.05) is 61.3 Å². The van der Waals surface area contributed by atoms with Gasteiger partial charge in [-0.15, -0.1) is 0 Å². The Labute approximate surface area is 194 Å². The number of ketones is 1. The first kappa shape index (κ1) is 24.4. The summed E-state index contributed by atoms with van der Waals surface area (Å²) in [5.41, 5.74) is 0.234. The largest absolute Gasteiger partial charge is 0.444 e. The molecule has 0 fully saturated rings. The smallest absolute Gasteiger partial charge is 0.408 e. The van der Waals surface area contributed by atoms with Gasteiger partial charge in [0.15, 0.2) is 0 Å². The Morgan fingerprint density at radius 3 is 2.55 bits per heavy atom. The van der Waals surface area contributed by atoms with E-state index >= 15 is 0 Å². The standard InChI is InChI=1S/C26H33N3O4/c1-5-21(30)13-7-6-8-14-22(27-25(31)32-26(2,3)4)24-28-23(29-33-24)20-16-15-18-11-9-10-12-19(18)17-20/h9-12,15-17,22H,5-8,13-14H2,1-4H3,(H,27,31)/t22-/m0/s1. The summed E-state index contributed by atoms with van der Waals surface area (Å²) in [6, 6.07) is 13.6. The third-order valence-electron chi connectivity index (χ3n) is 5.28. The molecule has 7 nitrogen and oxygen atoms in total. The number of unbranched alkanes of at least 4 members (excludes halogenated alkanes) is 2. The van der Waals surface area contributed by atoms with Crippen LogP contribution >= 0.6 is 0 Å². The molecular weight excluding hydrogens is 418 g/mol. The summed E-state index contributed by atoms with van der Waals surface area (Å²) in [4.78, 5) is 28.5. The predicted molar refractivity (Wildman–Crippen MR) is 128 cm³/mol. The molecule has 0 aliphatic rings. The van der Waals surface area contributed by atoms with Gasteiger partial charge in [-0.2, -0.15) is 4.98 Å². The van der Waals surface area contributed by atoms with Gasteiger partial charge in [-0.25, -0.2) is 4.79 Å². The second kappa shape index (κ2) is 11.1. The van der Waals surface area contributed by atoms with E-state index in [1.807, 2.05) is 64.1 Å². The van der Waals surface area contributed by atoms with Gasteiger partial charge in [0, 0.05) is 18.4 Å². The number of rotatable bonds is 10. The topological polar surface area (TPSA) is 94.3 Å². The van der Waals surface area contributed by atoms with Gasteiger partial charge < -0.3 is 14.6 Å². The molecule has 2 aromatic carbocycles. The monoisotopic (exact) mass is 451 g/mol. The molecule has 0 radical (unpaired) electrons. The van der Waals surface area contributed by atoms with Crippen LogP contribution in [0.4, 0.5) is 4.79 Å². The molecule has 0 bridgehead atoms. The van der Waals surface area contributed by atoms with Crippen molar-refractivity contribution in [3.05, 3.63) is 48.4 Å². The number of Topliss-reactive ketones (excluding diaryl/α,β-unsaturated/α-hetero) is 1. The summed E-state index contributed by atoms with van der Waals surface area (Å²) >= 11 is 0. The zero-order valence-electron chi connectivity index (χ0n) is 19.9. The van der Waals surface area contributed by atoms with Crippen molar-refractivity contribution in [2.24, 2.45) is 0 Å². The minimum atomic E-state index is -0.611. The number of carbonyl (C=O) groups excluding carboxylic acids is 2. The average molecular weight is 452 g/mol. The highest BCUT2D eigenvalue weighted by Gasteiger charge is 2.25. The lowest BCUT2D eigenvalue weighted by atomic mass is 10.0. The van der Waals surface area contributed by atoms with E-state index in [-0.39, 0.29) is 5.78 Å². The molecule has 176 valence electrons. The Morgan fingerprint density at radius 2 is 1.82 bits per heavy atom. The van der Waals surface area contributed by atoms with Gasteiger partial charge in [0.1, 0.15) is 17.4 Å². The minimum absolute atomic E-state index is 0.273. The lowest BCUT2D eigenvalue weighted by Gasteiger charge is -2.22. The van der Waals surface area contributed by atoms with Gasteiger partial charge in [0.05, 0.1) is 0 Å². The molecule has 1 aromatic heterocycles. The summed E-state index contributed by atoms with van der Waals surface area (Å²) in [7, 11) is 0. The molecule has 0 unspecified atom stereocenters. The summed E-state index contributed by atoms with van der Waals surface area (Å²) in [5.74, 6) is 1.09.